The van der Waals surface area contributed by atoms with Gasteiger partial charge in [0.1, 0.15) is 5.75 Å². The Labute approximate surface area is 140 Å². The van der Waals surface area contributed by atoms with E-state index < -0.39 is 0 Å². The Morgan fingerprint density at radius 3 is 2.58 bits per heavy atom. The van der Waals surface area contributed by atoms with Crippen LogP contribution in [0.5, 0.6) is 5.75 Å². The number of aromatic hydroxyl groups is 1. The lowest BCUT2D eigenvalue weighted by Crippen LogP contribution is -2.02. The van der Waals surface area contributed by atoms with Gasteiger partial charge in [0.2, 0.25) is 0 Å². The van der Waals surface area contributed by atoms with E-state index in [-0.39, 0.29) is 11.7 Å². The van der Waals surface area contributed by atoms with E-state index in [0.717, 1.165) is 34.0 Å². The molecule has 0 spiro atoms. The van der Waals surface area contributed by atoms with Crippen molar-refractivity contribution < 1.29 is 14.6 Å². The Bertz CT molecular complexity index is 856. The van der Waals surface area contributed by atoms with E-state index in [9.17, 15) is 9.90 Å². The number of carbonyl (C=O) groups is 1. The molecule has 3 rings (SSSR count). The second-order valence-electron chi connectivity index (χ2n) is 5.73. The molecule has 0 unspecified atom stereocenters. The first-order valence-corrected chi connectivity index (χ1v) is 7.87. The molecule has 0 atom stereocenters. The molecule has 0 aliphatic carbocycles. The van der Waals surface area contributed by atoms with Crippen molar-refractivity contribution in [2.45, 2.75) is 19.3 Å². The number of rotatable bonds is 5. The van der Waals surface area contributed by atoms with Crippen LogP contribution in [0, 0.1) is 0 Å². The highest BCUT2D eigenvalue weighted by Gasteiger charge is 2.06. The van der Waals surface area contributed by atoms with Crippen LogP contribution in [0.4, 0.5) is 0 Å². The maximum absolute atomic E-state index is 11.2. The summed E-state index contributed by atoms with van der Waals surface area (Å²) in [6, 6.07) is 15.4. The molecule has 1 heterocycles. The van der Waals surface area contributed by atoms with Crippen molar-refractivity contribution in [3.8, 4) is 5.75 Å². The Morgan fingerprint density at radius 1 is 1.08 bits per heavy atom. The third kappa shape index (κ3) is 3.71. The van der Waals surface area contributed by atoms with Crippen molar-refractivity contribution >= 4 is 16.7 Å². The van der Waals surface area contributed by atoms with E-state index in [1.807, 2.05) is 24.3 Å². The number of benzene rings is 2. The lowest BCUT2D eigenvalue weighted by Gasteiger charge is -2.07. The van der Waals surface area contributed by atoms with Crippen LogP contribution in [-0.4, -0.2) is 23.2 Å². The number of phenolic OH excluding ortho intramolecular Hbond substituents is 1. The molecule has 122 valence electrons. The number of ether oxygens (including phenoxy) is 1. The first-order valence-electron chi connectivity index (χ1n) is 7.87. The molecular formula is C20H19NO3. The first kappa shape index (κ1) is 16.0. The molecule has 0 saturated heterocycles. The normalized spacial score (nSPS) is 10.7. The molecule has 0 amide bonds. The highest BCUT2D eigenvalue weighted by molar-refractivity contribution is 5.85. The number of esters is 1. The molecule has 2 aromatic carbocycles. The average molecular weight is 321 g/mol. The molecule has 0 radical (unpaired) electrons. The molecule has 1 aromatic heterocycles. The summed E-state index contributed by atoms with van der Waals surface area (Å²) < 4.78 is 4.66. The van der Waals surface area contributed by atoms with Crippen molar-refractivity contribution in [2.75, 3.05) is 7.11 Å². The van der Waals surface area contributed by atoms with Crippen molar-refractivity contribution in [1.29, 1.82) is 0 Å². The number of methoxy groups -OCH3 is 1. The van der Waals surface area contributed by atoms with Crippen LogP contribution in [-0.2, 0) is 22.4 Å². The SMILES string of the molecule is COC(=O)CCc1ccc(Cc2nccc3cc(O)ccc23)cc1. The predicted octanol–water partition coefficient (Wildman–Crippen LogP) is 3.64. The molecule has 0 aliphatic heterocycles. The van der Waals surface area contributed by atoms with E-state index in [1.165, 1.54) is 7.11 Å². The van der Waals surface area contributed by atoms with Gasteiger partial charge in [0.25, 0.3) is 0 Å². The van der Waals surface area contributed by atoms with Crippen LogP contribution in [0.1, 0.15) is 23.2 Å². The van der Waals surface area contributed by atoms with Gasteiger partial charge in [-0.25, -0.2) is 0 Å². The van der Waals surface area contributed by atoms with Crippen molar-refractivity contribution in [3.63, 3.8) is 0 Å². The second kappa shape index (κ2) is 7.13. The number of pyridine rings is 1. The van der Waals surface area contributed by atoms with Gasteiger partial charge >= 0.3 is 5.97 Å². The summed E-state index contributed by atoms with van der Waals surface area (Å²) in [5.41, 5.74) is 3.25. The van der Waals surface area contributed by atoms with Gasteiger partial charge in [0, 0.05) is 24.4 Å². The van der Waals surface area contributed by atoms with E-state index in [2.05, 4.69) is 21.9 Å². The van der Waals surface area contributed by atoms with Crippen LogP contribution in [0.25, 0.3) is 10.8 Å². The van der Waals surface area contributed by atoms with E-state index in [1.54, 1.807) is 18.3 Å². The number of carbonyl (C=O) groups excluding carboxylic acids is 1. The number of nitrogens with zero attached hydrogens (tertiary/aromatic N) is 1. The second-order valence-corrected chi connectivity index (χ2v) is 5.73. The van der Waals surface area contributed by atoms with Gasteiger partial charge in [0.15, 0.2) is 0 Å². The molecule has 4 heteroatoms. The van der Waals surface area contributed by atoms with Crippen molar-refractivity contribution in [3.05, 3.63) is 71.5 Å². The summed E-state index contributed by atoms with van der Waals surface area (Å²) in [5, 5.41) is 11.6. The number of phenols is 1. The van der Waals surface area contributed by atoms with Gasteiger partial charge in [-0.05, 0) is 47.2 Å². The predicted molar refractivity (Wildman–Crippen MR) is 93.0 cm³/mol. The summed E-state index contributed by atoms with van der Waals surface area (Å²) in [4.78, 5) is 15.7. The Hall–Kier alpha value is -2.88. The first-order chi connectivity index (χ1) is 11.7. The van der Waals surface area contributed by atoms with Gasteiger partial charge in [-0.1, -0.05) is 24.3 Å². The van der Waals surface area contributed by atoms with Gasteiger partial charge in [-0.15, -0.1) is 0 Å². The third-order valence-electron chi connectivity index (χ3n) is 4.07. The van der Waals surface area contributed by atoms with E-state index >= 15 is 0 Å². The van der Waals surface area contributed by atoms with Gasteiger partial charge in [-0.3, -0.25) is 9.78 Å². The Kier molecular flexibility index (Phi) is 4.75. The van der Waals surface area contributed by atoms with Crippen LogP contribution in [0.15, 0.2) is 54.7 Å². The molecular weight excluding hydrogens is 302 g/mol. The zero-order valence-corrected chi connectivity index (χ0v) is 13.5. The number of hydrogen-bond donors (Lipinski definition) is 1. The fourth-order valence-electron chi connectivity index (χ4n) is 2.73. The Balaban J connectivity index is 1.76. The van der Waals surface area contributed by atoms with Crippen LogP contribution >= 0.6 is 0 Å². The maximum atomic E-state index is 11.2. The van der Waals surface area contributed by atoms with Gasteiger partial charge in [-0.2, -0.15) is 0 Å². The minimum Gasteiger partial charge on any atom is -0.508 e. The summed E-state index contributed by atoms with van der Waals surface area (Å²) in [7, 11) is 1.41. The molecule has 0 bridgehead atoms. The summed E-state index contributed by atoms with van der Waals surface area (Å²) >= 11 is 0. The van der Waals surface area contributed by atoms with Crippen LogP contribution in [0.3, 0.4) is 0 Å². The quantitative estimate of drug-likeness (QED) is 0.729. The minimum atomic E-state index is -0.192. The third-order valence-corrected chi connectivity index (χ3v) is 4.07. The standard InChI is InChI=1S/C20H19NO3/c1-24-20(23)9-6-14-2-4-15(5-3-14)12-19-18-8-7-17(22)13-16(18)10-11-21-19/h2-5,7-8,10-11,13,22H,6,9,12H2,1H3. The zero-order valence-electron chi connectivity index (χ0n) is 13.5. The average Bonchev–Trinajstić information content (AvgIpc) is 2.60. The molecule has 0 aliphatic rings. The number of aromatic nitrogens is 1. The molecule has 1 N–H and O–H groups in total. The molecule has 24 heavy (non-hydrogen) atoms. The lowest BCUT2D eigenvalue weighted by atomic mass is 10.0. The minimum absolute atomic E-state index is 0.192. The van der Waals surface area contributed by atoms with E-state index in [4.69, 9.17) is 0 Å². The Morgan fingerprint density at radius 2 is 1.83 bits per heavy atom. The monoisotopic (exact) mass is 321 g/mol. The number of aryl methyl sites for hydroxylation is 1. The summed E-state index contributed by atoms with van der Waals surface area (Å²) in [6.07, 6.45) is 3.56. The fraction of sp³-hybridized carbons (Fsp3) is 0.200. The van der Waals surface area contributed by atoms with Crippen molar-refractivity contribution in [1.82, 2.24) is 4.98 Å². The van der Waals surface area contributed by atoms with Gasteiger partial charge in [0.05, 0.1) is 12.8 Å². The number of hydrogen-bond acceptors (Lipinski definition) is 4. The van der Waals surface area contributed by atoms with Crippen LogP contribution in [0.2, 0.25) is 0 Å². The fourth-order valence-corrected chi connectivity index (χ4v) is 2.73. The largest absolute Gasteiger partial charge is 0.508 e. The molecule has 4 nitrogen and oxygen atoms in total. The van der Waals surface area contributed by atoms with Crippen LogP contribution < -0.4 is 0 Å². The van der Waals surface area contributed by atoms with Gasteiger partial charge < -0.3 is 9.84 Å². The smallest absolute Gasteiger partial charge is 0.305 e. The van der Waals surface area contributed by atoms with Crippen molar-refractivity contribution in [2.24, 2.45) is 0 Å². The molecule has 0 saturated carbocycles. The maximum Gasteiger partial charge on any atom is 0.305 e. The topological polar surface area (TPSA) is 59.4 Å². The zero-order chi connectivity index (χ0) is 16.9. The van der Waals surface area contributed by atoms with E-state index in [0.29, 0.717) is 12.8 Å². The summed E-state index contributed by atoms with van der Waals surface area (Å²) in [5.74, 6) is 0.0666. The lowest BCUT2D eigenvalue weighted by molar-refractivity contribution is -0.140. The highest BCUT2D eigenvalue weighted by atomic mass is 16.5. The highest BCUT2D eigenvalue weighted by Crippen LogP contribution is 2.23. The number of fused-ring (bicyclic) bond motifs is 1. The molecule has 0 fully saturated rings. The molecule has 3 aromatic rings. The summed E-state index contributed by atoms with van der Waals surface area (Å²) in [6.45, 7) is 0.